The fourth-order valence-corrected chi connectivity index (χ4v) is 4.46. The molecule has 1 N–H and O–H groups in total. The quantitative estimate of drug-likeness (QED) is 0.465. The number of nitrogens with one attached hydrogen (secondary N) is 1. The lowest BCUT2D eigenvalue weighted by Gasteiger charge is -2.27. The summed E-state index contributed by atoms with van der Waals surface area (Å²) < 4.78 is 0. The highest BCUT2D eigenvalue weighted by Gasteiger charge is 2.23. The highest BCUT2D eigenvalue weighted by atomic mass is 35.5. The number of anilines is 1. The van der Waals surface area contributed by atoms with Crippen molar-refractivity contribution in [3.63, 3.8) is 0 Å². The summed E-state index contributed by atoms with van der Waals surface area (Å²) in [6.07, 6.45) is 2.10. The molecule has 0 saturated carbocycles. The third-order valence-electron chi connectivity index (χ3n) is 6.05. The molecule has 0 atom stereocenters. The van der Waals surface area contributed by atoms with Crippen molar-refractivity contribution in [1.29, 1.82) is 0 Å². The first kappa shape index (κ1) is 22.4. The van der Waals surface area contributed by atoms with Gasteiger partial charge in [0.15, 0.2) is 0 Å². The van der Waals surface area contributed by atoms with E-state index in [-0.39, 0.29) is 11.3 Å². The molecule has 166 valence electrons. The predicted octanol–water partition coefficient (Wildman–Crippen LogP) is 6.84. The van der Waals surface area contributed by atoms with E-state index < -0.39 is 0 Å². The van der Waals surface area contributed by atoms with Crippen LogP contribution in [0.3, 0.4) is 0 Å². The average molecular weight is 447 g/mol. The first-order chi connectivity index (χ1) is 15.3. The Kier molecular flexibility index (Phi) is 6.57. The minimum Gasteiger partial charge on any atom is -0.384 e. The van der Waals surface area contributed by atoms with E-state index in [1.165, 1.54) is 11.1 Å². The molecule has 1 amide bonds. The highest BCUT2D eigenvalue weighted by molar-refractivity contribution is 6.30. The fourth-order valence-electron chi connectivity index (χ4n) is 4.24. The molecule has 32 heavy (non-hydrogen) atoms. The Morgan fingerprint density at radius 2 is 1.69 bits per heavy atom. The van der Waals surface area contributed by atoms with Gasteiger partial charge in [-0.05, 0) is 58.7 Å². The number of rotatable bonds is 5. The van der Waals surface area contributed by atoms with E-state index in [2.05, 4.69) is 56.4 Å². The number of hydrogen-bond donors (Lipinski definition) is 1. The lowest BCUT2D eigenvalue weighted by atomic mass is 9.87. The van der Waals surface area contributed by atoms with Gasteiger partial charge in [0.05, 0.1) is 11.3 Å². The maximum absolute atomic E-state index is 13.8. The number of benzene rings is 3. The third-order valence-corrected chi connectivity index (χ3v) is 6.28. The van der Waals surface area contributed by atoms with Gasteiger partial charge in [0.1, 0.15) is 0 Å². The van der Waals surface area contributed by atoms with E-state index in [4.69, 9.17) is 11.6 Å². The van der Waals surface area contributed by atoms with E-state index in [0.717, 1.165) is 41.8 Å². The summed E-state index contributed by atoms with van der Waals surface area (Å²) in [5.74, 6) is 0.0381. The van der Waals surface area contributed by atoms with Crippen LogP contribution in [0.25, 0.3) is 0 Å². The van der Waals surface area contributed by atoms with E-state index in [1.54, 1.807) is 0 Å². The van der Waals surface area contributed by atoms with Crippen LogP contribution in [0.15, 0.2) is 66.7 Å². The van der Waals surface area contributed by atoms with Crippen molar-refractivity contribution < 1.29 is 4.79 Å². The second-order valence-electron chi connectivity index (χ2n) is 9.61. The minimum atomic E-state index is 0.0381. The van der Waals surface area contributed by atoms with E-state index in [9.17, 15) is 4.79 Å². The molecule has 4 heteroatoms. The number of halogens is 1. The molecule has 0 unspecified atom stereocenters. The zero-order chi connectivity index (χ0) is 22.7. The molecule has 1 heterocycles. The molecular formula is C28H31ClN2O. The summed E-state index contributed by atoms with van der Waals surface area (Å²) in [6.45, 7) is 8.58. The smallest absolute Gasteiger partial charge is 0.256 e. The summed E-state index contributed by atoms with van der Waals surface area (Å²) in [5.41, 5.74) is 6.48. The monoisotopic (exact) mass is 446 g/mol. The average Bonchev–Trinajstić information content (AvgIpc) is 2.77. The second-order valence-corrected chi connectivity index (χ2v) is 10.0. The number of aryl methyl sites for hydroxylation is 1. The lowest BCUT2D eigenvalue weighted by Crippen LogP contribution is -2.31. The molecule has 1 aliphatic rings. The summed E-state index contributed by atoms with van der Waals surface area (Å²) in [5, 5.41) is 4.14. The van der Waals surface area contributed by atoms with Gasteiger partial charge in [0.2, 0.25) is 0 Å². The number of carbonyl (C=O) groups is 1. The van der Waals surface area contributed by atoms with Gasteiger partial charge >= 0.3 is 0 Å². The van der Waals surface area contributed by atoms with Crippen molar-refractivity contribution >= 4 is 23.2 Å². The molecule has 3 aromatic carbocycles. The third kappa shape index (κ3) is 5.16. The molecule has 0 radical (unpaired) electrons. The Balaban J connectivity index is 1.65. The van der Waals surface area contributed by atoms with Gasteiger partial charge in [-0.3, -0.25) is 4.79 Å². The van der Waals surface area contributed by atoms with Gasteiger partial charge in [-0.25, -0.2) is 0 Å². The molecule has 0 aromatic heterocycles. The van der Waals surface area contributed by atoms with Crippen LogP contribution in [0, 0.1) is 0 Å². The summed E-state index contributed by atoms with van der Waals surface area (Å²) >= 11 is 6.23. The standard InChI is InChI=1S/C28H31ClN2O/c1-28(2,3)23-14-12-20(13-15-23)18-31(19-21-7-4-10-24(29)17-21)27(32)25-11-5-8-22-9-6-16-30-26(22)25/h4-5,7-8,10-15,17,30H,6,9,16,18-19H2,1-3H3. The Labute approximate surface area is 196 Å². The number of carbonyl (C=O) groups excluding carboxylic acids is 1. The highest BCUT2D eigenvalue weighted by Crippen LogP contribution is 2.29. The summed E-state index contributed by atoms with van der Waals surface area (Å²) in [6, 6.07) is 22.4. The summed E-state index contributed by atoms with van der Waals surface area (Å²) in [7, 11) is 0. The molecule has 0 saturated heterocycles. The van der Waals surface area contributed by atoms with E-state index in [0.29, 0.717) is 18.1 Å². The van der Waals surface area contributed by atoms with Gasteiger partial charge in [0.25, 0.3) is 5.91 Å². The van der Waals surface area contributed by atoms with Gasteiger partial charge in [0, 0.05) is 24.7 Å². The molecule has 3 nitrogen and oxygen atoms in total. The number of amides is 1. The van der Waals surface area contributed by atoms with Gasteiger partial charge in [-0.1, -0.05) is 80.9 Å². The van der Waals surface area contributed by atoms with E-state index >= 15 is 0 Å². The molecular weight excluding hydrogens is 416 g/mol. The zero-order valence-corrected chi connectivity index (χ0v) is 19.9. The van der Waals surface area contributed by atoms with Crippen molar-refractivity contribution in [1.82, 2.24) is 4.90 Å². The number of para-hydroxylation sites is 1. The van der Waals surface area contributed by atoms with Crippen LogP contribution in [-0.4, -0.2) is 17.4 Å². The Hall–Kier alpha value is -2.78. The van der Waals surface area contributed by atoms with Crippen LogP contribution >= 0.6 is 11.6 Å². The van der Waals surface area contributed by atoms with Crippen LogP contribution < -0.4 is 5.32 Å². The zero-order valence-electron chi connectivity index (χ0n) is 19.1. The largest absolute Gasteiger partial charge is 0.384 e. The number of hydrogen-bond acceptors (Lipinski definition) is 2. The topological polar surface area (TPSA) is 32.3 Å². The van der Waals surface area contributed by atoms with E-state index in [1.807, 2.05) is 41.3 Å². The number of nitrogens with zero attached hydrogens (tertiary/aromatic N) is 1. The predicted molar refractivity (Wildman–Crippen MR) is 133 cm³/mol. The van der Waals surface area contributed by atoms with Crippen LogP contribution in [0.1, 0.15) is 59.8 Å². The molecule has 0 spiro atoms. The normalized spacial score (nSPS) is 13.2. The maximum Gasteiger partial charge on any atom is 0.256 e. The van der Waals surface area contributed by atoms with Crippen LogP contribution in [0.4, 0.5) is 5.69 Å². The lowest BCUT2D eigenvalue weighted by molar-refractivity contribution is 0.0731. The SMILES string of the molecule is CC(C)(C)c1ccc(CN(Cc2cccc(Cl)c2)C(=O)c2cccc3c2NCCC3)cc1. The number of fused-ring (bicyclic) bond motifs is 1. The molecule has 3 aromatic rings. The van der Waals surface area contributed by atoms with Crippen molar-refractivity contribution in [2.45, 2.75) is 52.1 Å². The van der Waals surface area contributed by atoms with Crippen LogP contribution in [0.5, 0.6) is 0 Å². The molecule has 0 bridgehead atoms. The van der Waals surface area contributed by atoms with Gasteiger partial charge in [-0.2, -0.15) is 0 Å². The Morgan fingerprint density at radius 3 is 2.41 bits per heavy atom. The molecule has 0 aliphatic carbocycles. The van der Waals surface area contributed by atoms with Gasteiger partial charge in [-0.15, -0.1) is 0 Å². The minimum absolute atomic E-state index is 0.0381. The fraction of sp³-hybridized carbons (Fsp3) is 0.321. The summed E-state index contributed by atoms with van der Waals surface area (Å²) in [4.78, 5) is 15.7. The molecule has 0 fully saturated rings. The second kappa shape index (κ2) is 9.38. The molecule has 4 rings (SSSR count). The molecule has 1 aliphatic heterocycles. The van der Waals surface area contributed by atoms with Crippen molar-refractivity contribution in [2.75, 3.05) is 11.9 Å². The van der Waals surface area contributed by atoms with Crippen molar-refractivity contribution in [2.24, 2.45) is 0 Å². The first-order valence-electron chi connectivity index (χ1n) is 11.3. The van der Waals surface area contributed by atoms with Crippen molar-refractivity contribution in [3.05, 3.63) is 99.6 Å². The van der Waals surface area contributed by atoms with Crippen molar-refractivity contribution in [3.8, 4) is 0 Å². The Morgan fingerprint density at radius 1 is 0.969 bits per heavy atom. The Bertz CT molecular complexity index is 1100. The first-order valence-corrected chi connectivity index (χ1v) is 11.7. The van der Waals surface area contributed by atoms with Gasteiger partial charge < -0.3 is 10.2 Å². The van der Waals surface area contributed by atoms with Crippen LogP contribution in [0.2, 0.25) is 5.02 Å². The maximum atomic E-state index is 13.8. The van der Waals surface area contributed by atoms with Crippen LogP contribution in [-0.2, 0) is 24.9 Å².